The molecule has 2 aliphatic heterocycles. The van der Waals surface area contributed by atoms with Crippen LogP contribution in [0.4, 0.5) is 5.69 Å². The van der Waals surface area contributed by atoms with Crippen molar-refractivity contribution in [3.05, 3.63) is 89.0 Å². The van der Waals surface area contributed by atoms with Gasteiger partial charge in [-0.2, -0.15) is 0 Å². The highest BCUT2D eigenvalue weighted by molar-refractivity contribution is 6.24. The van der Waals surface area contributed by atoms with E-state index in [9.17, 15) is 24.0 Å². The molecule has 5 rings (SSSR count). The molecule has 0 saturated carbocycles. The van der Waals surface area contributed by atoms with Crippen LogP contribution in [0, 0.1) is 0 Å². The number of carbonyl (C=O) groups excluding carboxylic acids is 5. The summed E-state index contributed by atoms with van der Waals surface area (Å²) in [4.78, 5) is 63.0. The Kier molecular flexibility index (Phi) is 11.0. The molecule has 47 heavy (non-hydrogen) atoms. The minimum Gasteiger partial charge on any atom is -0.494 e. The van der Waals surface area contributed by atoms with E-state index >= 15 is 0 Å². The molecular formula is C36H37N3O8. The van der Waals surface area contributed by atoms with E-state index in [1.807, 2.05) is 43.4 Å². The molecule has 0 aliphatic carbocycles. The number of rotatable bonds is 15. The molecular weight excluding hydrogens is 602 g/mol. The lowest BCUT2D eigenvalue weighted by atomic mass is 10.0. The molecule has 0 bridgehead atoms. The second kappa shape index (κ2) is 15.7. The first-order chi connectivity index (χ1) is 22.8. The van der Waals surface area contributed by atoms with E-state index < -0.39 is 42.2 Å². The van der Waals surface area contributed by atoms with Crippen molar-refractivity contribution in [3.8, 4) is 11.5 Å². The molecule has 4 amide bonds. The van der Waals surface area contributed by atoms with Gasteiger partial charge in [0.1, 0.15) is 17.5 Å². The fourth-order valence-corrected chi connectivity index (χ4v) is 5.34. The Morgan fingerprint density at radius 1 is 0.851 bits per heavy atom. The standard InChI is InChI=1S/C36H37N3O8/c1-37-26-15-11-24(12-16-26)9-10-25-13-17-27(18-14-25)45-21-4-2-3-5-22-46-32(41)23-47-30-8-6-7-28-33(30)36(44)39(35(28)43)29-19-20-31(40)38-34(29)42/h6-18,29,37H,2-5,19-23H2,1H3,(H,38,40,42)/b10-9+. The Morgan fingerprint density at radius 3 is 2.21 bits per heavy atom. The molecule has 2 aliphatic rings. The summed E-state index contributed by atoms with van der Waals surface area (Å²) < 4.78 is 16.7. The van der Waals surface area contributed by atoms with Gasteiger partial charge in [0, 0.05) is 19.2 Å². The number of unbranched alkanes of at least 4 members (excludes halogenated alkanes) is 3. The lowest BCUT2D eigenvalue weighted by Gasteiger charge is -2.27. The maximum absolute atomic E-state index is 13.1. The summed E-state index contributed by atoms with van der Waals surface area (Å²) in [5.74, 6) is -2.24. The van der Waals surface area contributed by atoms with Crippen molar-refractivity contribution >= 4 is 47.4 Å². The fourth-order valence-electron chi connectivity index (χ4n) is 5.34. The van der Waals surface area contributed by atoms with Crippen LogP contribution in [0.2, 0.25) is 0 Å². The fraction of sp³-hybridized carbons (Fsp3) is 0.306. The zero-order valence-corrected chi connectivity index (χ0v) is 26.2. The van der Waals surface area contributed by atoms with Gasteiger partial charge in [-0.1, -0.05) is 42.5 Å². The summed E-state index contributed by atoms with van der Waals surface area (Å²) in [7, 11) is 1.90. The summed E-state index contributed by atoms with van der Waals surface area (Å²) in [6.45, 7) is 0.373. The van der Waals surface area contributed by atoms with Crippen LogP contribution in [0.1, 0.15) is 70.4 Å². The number of ether oxygens (including phenoxy) is 3. The number of esters is 1. The topological polar surface area (TPSA) is 140 Å². The number of fused-ring (bicyclic) bond motifs is 1. The van der Waals surface area contributed by atoms with Crippen LogP contribution in [0.25, 0.3) is 12.2 Å². The first-order valence-corrected chi connectivity index (χ1v) is 15.7. The zero-order chi connectivity index (χ0) is 33.2. The van der Waals surface area contributed by atoms with Gasteiger partial charge in [0.15, 0.2) is 6.61 Å². The van der Waals surface area contributed by atoms with E-state index in [1.165, 1.54) is 18.2 Å². The van der Waals surface area contributed by atoms with Crippen molar-refractivity contribution in [1.29, 1.82) is 0 Å². The number of hydrogen-bond donors (Lipinski definition) is 2. The van der Waals surface area contributed by atoms with Gasteiger partial charge in [-0.25, -0.2) is 4.79 Å². The highest BCUT2D eigenvalue weighted by Gasteiger charge is 2.46. The maximum Gasteiger partial charge on any atom is 0.344 e. The first-order valence-electron chi connectivity index (χ1n) is 15.7. The molecule has 1 fully saturated rings. The second-order valence-corrected chi connectivity index (χ2v) is 11.2. The van der Waals surface area contributed by atoms with Gasteiger partial charge in [-0.3, -0.25) is 29.4 Å². The highest BCUT2D eigenvalue weighted by atomic mass is 16.6. The van der Waals surface area contributed by atoms with Crippen molar-refractivity contribution < 1.29 is 38.2 Å². The lowest BCUT2D eigenvalue weighted by Crippen LogP contribution is -2.54. The van der Waals surface area contributed by atoms with E-state index in [-0.39, 0.29) is 36.3 Å². The minimum absolute atomic E-state index is 0.0170. The summed E-state index contributed by atoms with van der Waals surface area (Å²) >= 11 is 0. The summed E-state index contributed by atoms with van der Waals surface area (Å²) in [5.41, 5.74) is 3.34. The van der Waals surface area contributed by atoms with Crippen molar-refractivity contribution in [1.82, 2.24) is 10.2 Å². The molecule has 1 unspecified atom stereocenters. The van der Waals surface area contributed by atoms with Crippen LogP contribution in [-0.4, -0.2) is 67.4 Å². The Hall–Kier alpha value is -5.45. The molecule has 0 aromatic heterocycles. The molecule has 2 N–H and O–H groups in total. The molecule has 0 spiro atoms. The number of amides is 4. The van der Waals surface area contributed by atoms with E-state index in [4.69, 9.17) is 14.2 Å². The quantitative estimate of drug-likeness (QED) is 0.103. The monoisotopic (exact) mass is 639 g/mol. The Balaban J connectivity index is 0.961. The van der Waals surface area contributed by atoms with Crippen LogP contribution in [0.15, 0.2) is 66.7 Å². The highest BCUT2D eigenvalue weighted by Crippen LogP contribution is 2.33. The molecule has 1 atom stereocenters. The average molecular weight is 640 g/mol. The van der Waals surface area contributed by atoms with Gasteiger partial charge in [-0.15, -0.1) is 0 Å². The first kappa shape index (κ1) is 32.9. The number of nitrogens with one attached hydrogen (secondary N) is 2. The second-order valence-electron chi connectivity index (χ2n) is 11.2. The van der Waals surface area contributed by atoms with Crippen LogP contribution in [0.5, 0.6) is 11.5 Å². The molecule has 3 aromatic carbocycles. The van der Waals surface area contributed by atoms with Crippen LogP contribution < -0.4 is 20.1 Å². The van der Waals surface area contributed by atoms with Gasteiger partial charge >= 0.3 is 5.97 Å². The van der Waals surface area contributed by atoms with Crippen molar-refractivity contribution in [2.24, 2.45) is 0 Å². The molecule has 11 nitrogen and oxygen atoms in total. The molecule has 11 heteroatoms. The number of benzene rings is 3. The molecule has 244 valence electrons. The van der Waals surface area contributed by atoms with E-state index in [2.05, 4.69) is 34.9 Å². The Bertz CT molecular complexity index is 1650. The molecule has 0 radical (unpaired) electrons. The normalized spacial score (nSPS) is 15.9. The number of piperidine rings is 1. The number of hydrogen-bond acceptors (Lipinski definition) is 9. The molecule has 1 saturated heterocycles. The van der Waals surface area contributed by atoms with Crippen LogP contribution in [-0.2, 0) is 19.1 Å². The van der Waals surface area contributed by atoms with Crippen molar-refractivity contribution in [3.63, 3.8) is 0 Å². The molecule has 3 aromatic rings. The van der Waals surface area contributed by atoms with E-state index in [1.54, 1.807) is 0 Å². The summed E-state index contributed by atoms with van der Waals surface area (Å²) in [6.07, 6.45) is 7.52. The Morgan fingerprint density at radius 2 is 1.53 bits per heavy atom. The predicted molar refractivity (Wildman–Crippen MR) is 175 cm³/mol. The van der Waals surface area contributed by atoms with Crippen LogP contribution >= 0.6 is 0 Å². The van der Waals surface area contributed by atoms with Crippen molar-refractivity contribution in [2.75, 3.05) is 32.2 Å². The number of nitrogens with zero attached hydrogens (tertiary/aromatic N) is 1. The lowest BCUT2D eigenvalue weighted by molar-refractivity contribution is -0.146. The number of carbonyl (C=O) groups is 5. The third-order valence-corrected chi connectivity index (χ3v) is 7.89. The van der Waals surface area contributed by atoms with E-state index in [0.29, 0.717) is 13.0 Å². The largest absolute Gasteiger partial charge is 0.494 e. The van der Waals surface area contributed by atoms with Gasteiger partial charge in [0.25, 0.3) is 11.8 Å². The van der Waals surface area contributed by atoms with Gasteiger partial charge in [-0.05, 0) is 79.6 Å². The third kappa shape index (κ3) is 8.43. The van der Waals surface area contributed by atoms with Crippen molar-refractivity contribution in [2.45, 2.75) is 44.6 Å². The SMILES string of the molecule is CNc1ccc(/C=C/c2ccc(OCCCCCCOC(=O)COc3cccc4c3C(=O)N(C3CCC(=O)NC3=O)C4=O)cc2)cc1. The van der Waals surface area contributed by atoms with Gasteiger partial charge in [0.2, 0.25) is 11.8 Å². The van der Waals surface area contributed by atoms with Crippen LogP contribution in [0.3, 0.4) is 0 Å². The molecule has 2 heterocycles. The predicted octanol–water partition coefficient (Wildman–Crippen LogP) is 4.86. The number of anilines is 1. The number of imide groups is 2. The average Bonchev–Trinajstić information content (AvgIpc) is 3.34. The van der Waals surface area contributed by atoms with Gasteiger partial charge < -0.3 is 19.5 Å². The minimum atomic E-state index is -1.09. The summed E-state index contributed by atoms with van der Waals surface area (Å²) in [5, 5.41) is 5.27. The van der Waals surface area contributed by atoms with Gasteiger partial charge in [0.05, 0.1) is 24.3 Å². The zero-order valence-electron chi connectivity index (χ0n) is 26.2. The summed E-state index contributed by atoms with van der Waals surface area (Å²) in [6, 6.07) is 19.5. The maximum atomic E-state index is 13.1. The Labute approximate surface area is 272 Å². The van der Waals surface area contributed by atoms with E-state index in [0.717, 1.165) is 46.7 Å². The smallest absolute Gasteiger partial charge is 0.344 e. The third-order valence-electron chi connectivity index (χ3n) is 7.89.